The molecule has 9 heteroatoms. The molecule has 1 saturated carbocycles. The first kappa shape index (κ1) is 31.6. The van der Waals surface area contributed by atoms with E-state index in [0.29, 0.717) is 18.5 Å². The van der Waals surface area contributed by atoms with Crippen molar-refractivity contribution in [1.29, 1.82) is 0 Å². The van der Waals surface area contributed by atoms with Gasteiger partial charge in [-0.25, -0.2) is 4.79 Å². The average Bonchev–Trinajstić information content (AvgIpc) is 2.81. The lowest BCUT2D eigenvalue weighted by molar-refractivity contribution is -0.243. The summed E-state index contributed by atoms with van der Waals surface area (Å²) in [6.07, 6.45) is 8.76. The number of phosphoric acid groups is 1. The van der Waals surface area contributed by atoms with Crippen molar-refractivity contribution in [2.75, 3.05) is 27.2 Å². The Kier molecular flexibility index (Phi) is 11.0. The number of nitrogens with zero attached hydrogens (tertiary/aromatic N) is 1. The minimum Gasteiger partial charge on any atom is -0.756 e. The average molecular weight is 563 g/mol. The quantitative estimate of drug-likeness (QED) is 0.0962. The smallest absolute Gasteiger partial charge is 0.344 e. The molecule has 8 nitrogen and oxygen atoms in total. The highest BCUT2D eigenvalue weighted by Gasteiger charge is 2.50. The Labute approximate surface area is 233 Å². The number of hydrogen-bond donors (Lipinski definition) is 1. The molecule has 3 atom stereocenters. The van der Waals surface area contributed by atoms with Crippen LogP contribution in [0.4, 0.5) is 0 Å². The molecule has 0 spiro atoms. The third-order valence-electron chi connectivity index (χ3n) is 7.77. The fraction of sp³-hybridized carbons (Fsp3) is 0.633. The number of carbonyl (C=O) groups is 1. The van der Waals surface area contributed by atoms with E-state index in [4.69, 9.17) is 13.8 Å². The molecule has 0 aliphatic heterocycles. The van der Waals surface area contributed by atoms with Gasteiger partial charge in [0.1, 0.15) is 11.5 Å². The molecule has 0 saturated heterocycles. The molecule has 0 radical (unpaired) electrons. The number of aryl methyl sites for hydroxylation is 1. The summed E-state index contributed by atoms with van der Waals surface area (Å²) in [6.45, 7) is 10.7. The van der Waals surface area contributed by atoms with Crippen LogP contribution in [0.2, 0.25) is 0 Å². The topological polar surface area (TPSA) is 108 Å². The Morgan fingerprint density at radius 3 is 2.59 bits per heavy atom. The van der Waals surface area contributed by atoms with Crippen LogP contribution in [0.25, 0.3) is 0 Å². The second-order valence-electron chi connectivity index (χ2n) is 11.4. The van der Waals surface area contributed by atoms with Gasteiger partial charge in [0.25, 0.3) is 7.82 Å². The standard InChI is InChI=1S/C30H46NO7P/c1-7-8-9-11-23-19-26(32)28(25-18-22(4)12-13-24(25)21(2)3)27(20-23)37-29(33)30(14-10-15-30)38-39(34,35)36-17-16-31(5)6/h18-20,24-25,32H,2,7-17H2,1,3-6H3,(H,34,35)/p-1/t24-,25+/m0/s1. The highest BCUT2D eigenvalue weighted by molar-refractivity contribution is 7.46. The van der Waals surface area contributed by atoms with Crippen LogP contribution in [-0.2, 0) is 24.8 Å². The van der Waals surface area contributed by atoms with Gasteiger partial charge in [-0.1, -0.05) is 43.6 Å². The minimum atomic E-state index is -4.75. The van der Waals surface area contributed by atoms with Crippen LogP contribution < -0.4 is 9.63 Å². The predicted molar refractivity (Wildman–Crippen MR) is 151 cm³/mol. The number of allylic oxidation sites excluding steroid dienone is 3. The molecule has 2 aliphatic rings. The van der Waals surface area contributed by atoms with Gasteiger partial charge in [-0.05, 0) is 96.5 Å². The number of benzene rings is 1. The number of phosphoric ester groups is 1. The van der Waals surface area contributed by atoms with E-state index in [0.717, 1.165) is 49.7 Å². The molecule has 2 aliphatic carbocycles. The zero-order valence-corrected chi connectivity index (χ0v) is 25.1. The largest absolute Gasteiger partial charge is 0.756 e. The monoisotopic (exact) mass is 562 g/mol. The Hall–Kier alpha value is -1.96. The second kappa shape index (κ2) is 13.6. The minimum absolute atomic E-state index is 0.0686. The van der Waals surface area contributed by atoms with Gasteiger partial charge < -0.3 is 24.2 Å². The van der Waals surface area contributed by atoms with Crippen LogP contribution in [0.5, 0.6) is 11.5 Å². The zero-order chi connectivity index (χ0) is 28.8. The molecule has 1 fully saturated rings. The molecule has 0 amide bonds. The van der Waals surface area contributed by atoms with Crippen molar-refractivity contribution in [2.45, 2.75) is 90.1 Å². The van der Waals surface area contributed by atoms with E-state index in [1.807, 2.05) is 13.0 Å². The van der Waals surface area contributed by atoms with Crippen LogP contribution >= 0.6 is 7.82 Å². The maximum Gasteiger partial charge on any atom is 0.344 e. The molecule has 1 unspecified atom stereocenters. The molecule has 1 aromatic rings. The summed E-state index contributed by atoms with van der Waals surface area (Å²) in [6, 6.07) is 3.57. The van der Waals surface area contributed by atoms with E-state index < -0.39 is 19.4 Å². The number of phenolic OH excluding ortho intramolecular Hbond substituents is 1. The van der Waals surface area contributed by atoms with Crippen molar-refractivity contribution in [3.8, 4) is 11.5 Å². The normalized spacial score (nSPS) is 22.1. The predicted octanol–water partition coefficient (Wildman–Crippen LogP) is 6.03. The number of esters is 1. The van der Waals surface area contributed by atoms with Gasteiger partial charge in [0.05, 0.1) is 6.61 Å². The van der Waals surface area contributed by atoms with Crippen LogP contribution in [0, 0.1) is 5.92 Å². The van der Waals surface area contributed by atoms with Gasteiger partial charge in [-0.3, -0.25) is 9.09 Å². The first-order chi connectivity index (χ1) is 18.4. The SMILES string of the molecule is C=C(C)[C@@H]1CCC(C)=C[C@H]1c1c(O)cc(CCCCC)cc1OC(=O)C1(OP(=O)([O-])OCCN(C)C)CCC1. The lowest BCUT2D eigenvalue weighted by Gasteiger charge is -2.42. The van der Waals surface area contributed by atoms with E-state index in [1.165, 1.54) is 5.57 Å². The summed E-state index contributed by atoms with van der Waals surface area (Å²) in [5.41, 5.74) is 1.94. The summed E-state index contributed by atoms with van der Waals surface area (Å²) >= 11 is 0. The third-order valence-corrected chi connectivity index (χ3v) is 8.84. The van der Waals surface area contributed by atoms with Crippen LogP contribution in [0.15, 0.2) is 35.9 Å². The van der Waals surface area contributed by atoms with Gasteiger partial charge in [-0.2, -0.15) is 0 Å². The fourth-order valence-corrected chi connectivity index (χ4v) is 6.36. The molecule has 3 rings (SSSR count). The summed E-state index contributed by atoms with van der Waals surface area (Å²) < 4.78 is 29.0. The zero-order valence-electron chi connectivity index (χ0n) is 24.2. The molecular formula is C30H45NO7P-. The number of likely N-dealkylation sites (N-methyl/N-ethyl adjacent to an activating group) is 1. The van der Waals surface area contributed by atoms with E-state index in [2.05, 4.69) is 26.5 Å². The Morgan fingerprint density at radius 1 is 1.28 bits per heavy atom. The molecule has 218 valence electrons. The van der Waals surface area contributed by atoms with Gasteiger partial charge in [-0.15, -0.1) is 0 Å². The van der Waals surface area contributed by atoms with Gasteiger partial charge >= 0.3 is 5.97 Å². The van der Waals surface area contributed by atoms with Gasteiger partial charge in [0.2, 0.25) is 0 Å². The highest BCUT2D eigenvalue weighted by atomic mass is 31.2. The van der Waals surface area contributed by atoms with Crippen LogP contribution in [0.3, 0.4) is 0 Å². The first-order valence-electron chi connectivity index (χ1n) is 14.1. The molecule has 0 heterocycles. The van der Waals surface area contributed by atoms with Crippen molar-refractivity contribution >= 4 is 13.8 Å². The molecule has 0 bridgehead atoms. The Morgan fingerprint density at radius 2 is 2.00 bits per heavy atom. The lowest BCUT2D eigenvalue weighted by Crippen LogP contribution is -2.50. The first-order valence-corrected chi connectivity index (χ1v) is 15.6. The number of rotatable bonds is 14. The summed E-state index contributed by atoms with van der Waals surface area (Å²) in [4.78, 5) is 28.0. The number of phenols is 1. The van der Waals surface area contributed by atoms with Crippen molar-refractivity contribution < 1.29 is 33.1 Å². The molecule has 1 aromatic carbocycles. The van der Waals surface area contributed by atoms with Crippen molar-refractivity contribution in [1.82, 2.24) is 4.90 Å². The van der Waals surface area contributed by atoms with E-state index in [1.54, 1.807) is 25.1 Å². The molecular weight excluding hydrogens is 517 g/mol. The van der Waals surface area contributed by atoms with Crippen LogP contribution in [-0.4, -0.2) is 48.8 Å². The Bertz CT molecular complexity index is 1110. The molecule has 1 N–H and O–H groups in total. The summed E-state index contributed by atoms with van der Waals surface area (Å²) in [7, 11) is -1.15. The van der Waals surface area contributed by atoms with Crippen molar-refractivity contribution in [3.05, 3.63) is 47.1 Å². The number of aromatic hydroxyl groups is 1. The second-order valence-corrected chi connectivity index (χ2v) is 12.8. The van der Waals surface area contributed by atoms with E-state index in [9.17, 15) is 19.4 Å². The highest BCUT2D eigenvalue weighted by Crippen LogP contribution is 2.52. The number of unbranched alkanes of at least 4 members (excludes halogenated alkanes) is 2. The maximum absolute atomic E-state index is 13.6. The summed E-state index contributed by atoms with van der Waals surface area (Å²) in [5.74, 6) is -0.612. The van der Waals surface area contributed by atoms with Gasteiger partial charge in [0.15, 0.2) is 5.60 Å². The van der Waals surface area contributed by atoms with E-state index >= 15 is 0 Å². The van der Waals surface area contributed by atoms with Crippen molar-refractivity contribution in [3.63, 3.8) is 0 Å². The number of carbonyl (C=O) groups excluding carboxylic acids is 1. The number of hydrogen-bond acceptors (Lipinski definition) is 8. The van der Waals surface area contributed by atoms with E-state index in [-0.39, 0.29) is 42.8 Å². The Balaban J connectivity index is 1.95. The van der Waals surface area contributed by atoms with Crippen LogP contribution in [0.1, 0.15) is 89.2 Å². The van der Waals surface area contributed by atoms with Gasteiger partial charge in [0, 0.05) is 18.0 Å². The fourth-order valence-electron chi connectivity index (χ4n) is 5.32. The van der Waals surface area contributed by atoms with Crippen molar-refractivity contribution in [2.24, 2.45) is 5.92 Å². The number of ether oxygens (including phenoxy) is 1. The molecule has 39 heavy (non-hydrogen) atoms. The lowest BCUT2D eigenvalue weighted by atomic mass is 9.73. The molecule has 0 aromatic heterocycles. The maximum atomic E-state index is 13.6. The summed E-state index contributed by atoms with van der Waals surface area (Å²) in [5, 5.41) is 11.3. The third kappa shape index (κ3) is 8.27.